The van der Waals surface area contributed by atoms with Gasteiger partial charge in [0.2, 0.25) is 0 Å². The number of sulfone groups is 1. The predicted octanol–water partition coefficient (Wildman–Crippen LogP) is 0.640. The highest BCUT2D eigenvalue weighted by Crippen LogP contribution is 2.31. The zero-order valence-electron chi connectivity index (χ0n) is 13.7. The third-order valence-electron chi connectivity index (χ3n) is 5.22. The molecule has 0 bridgehead atoms. The molecule has 2 aliphatic heterocycles. The van der Waals surface area contributed by atoms with Crippen LogP contribution in [0.1, 0.15) is 53.5 Å². The third kappa shape index (κ3) is 2.97. The van der Waals surface area contributed by atoms with Crippen molar-refractivity contribution in [3.8, 4) is 0 Å². The van der Waals surface area contributed by atoms with Crippen LogP contribution in [0.5, 0.6) is 0 Å². The lowest BCUT2D eigenvalue weighted by Crippen LogP contribution is -2.34. The smallest absolute Gasteiger partial charge is 0.269 e. The van der Waals surface area contributed by atoms with Crippen molar-refractivity contribution in [3.63, 3.8) is 0 Å². The lowest BCUT2D eigenvalue weighted by Gasteiger charge is -2.16. The van der Waals surface area contributed by atoms with Gasteiger partial charge in [-0.15, -0.1) is 0 Å². The first kappa shape index (κ1) is 16.1. The number of nitrogens with one attached hydrogen (secondary N) is 1. The van der Waals surface area contributed by atoms with Crippen LogP contribution in [0.4, 0.5) is 0 Å². The summed E-state index contributed by atoms with van der Waals surface area (Å²) in [4.78, 5) is 12.8. The molecule has 7 nitrogen and oxygen atoms in total. The van der Waals surface area contributed by atoms with E-state index in [9.17, 15) is 13.2 Å². The molecule has 2 fully saturated rings. The Bertz CT molecular complexity index is 750. The van der Waals surface area contributed by atoms with Crippen molar-refractivity contribution in [1.82, 2.24) is 15.1 Å². The number of aryl methyl sites for hydroxylation is 1. The van der Waals surface area contributed by atoms with Gasteiger partial charge in [-0.2, -0.15) is 5.10 Å². The van der Waals surface area contributed by atoms with E-state index >= 15 is 0 Å². The maximum absolute atomic E-state index is 12.8. The maximum Gasteiger partial charge on any atom is 0.269 e. The Morgan fingerprint density at radius 3 is 2.88 bits per heavy atom. The van der Waals surface area contributed by atoms with Gasteiger partial charge >= 0.3 is 0 Å². The molecule has 1 aromatic rings. The molecule has 2 atom stereocenters. The van der Waals surface area contributed by atoms with Crippen LogP contribution in [0.15, 0.2) is 0 Å². The fraction of sp³-hybridized carbons (Fsp3) is 0.750. The number of amides is 1. The number of carbonyl (C=O) groups is 1. The molecule has 0 spiro atoms. The molecular formula is C16H23N3O4S. The van der Waals surface area contributed by atoms with Crippen LogP contribution in [0.25, 0.3) is 0 Å². The highest BCUT2D eigenvalue weighted by molar-refractivity contribution is 7.91. The van der Waals surface area contributed by atoms with E-state index in [1.807, 2.05) is 0 Å². The Morgan fingerprint density at radius 1 is 1.29 bits per heavy atom. The Hall–Kier alpha value is -1.41. The number of hydrogen-bond donors (Lipinski definition) is 1. The molecule has 132 valence electrons. The van der Waals surface area contributed by atoms with Gasteiger partial charge in [-0.3, -0.25) is 9.48 Å². The first-order valence-corrected chi connectivity index (χ1v) is 10.6. The van der Waals surface area contributed by atoms with Crippen LogP contribution < -0.4 is 5.32 Å². The van der Waals surface area contributed by atoms with E-state index in [1.54, 1.807) is 4.68 Å². The Labute approximate surface area is 141 Å². The molecule has 24 heavy (non-hydrogen) atoms. The molecule has 3 aliphatic rings. The summed E-state index contributed by atoms with van der Waals surface area (Å²) in [6, 6.07) is -0.218. The second-order valence-corrected chi connectivity index (χ2v) is 9.20. The first-order chi connectivity index (χ1) is 11.5. The van der Waals surface area contributed by atoms with Crippen molar-refractivity contribution in [2.24, 2.45) is 0 Å². The van der Waals surface area contributed by atoms with Crippen LogP contribution in [0, 0.1) is 0 Å². The molecule has 3 heterocycles. The van der Waals surface area contributed by atoms with Crippen molar-refractivity contribution in [3.05, 3.63) is 17.0 Å². The molecule has 0 radical (unpaired) electrons. The van der Waals surface area contributed by atoms with Gasteiger partial charge in [0.15, 0.2) is 9.84 Å². The number of fused-ring (bicyclic) bond motifs is 1. The first-order valence-electron chi connectivity index (χ1n) is 8.74. The molecule has 4 rings (SSSR count). The van der Waals surface area contributed by atoms with Gasteiger partial charge in [0.25, 0.3) is 5.91 Å². The number of rotatable bonds is 4. The van der Waals surface area contributed by atoms with Crippen molar-refractivity contribution in [2.45, 2.75) is 50.7 Å². The Morgan fingerprint density at radius 2 is 2.17 bits per heavy atom. The van der Waals surface area contributed by atoms with E-state index < -0.39 is 9.84 Å². The normalized spacial score (nSPS) is 28.2. The molecule has 1 aromatic heterocycles. The van der Waals surface area contributed by atoms with Crippen molar-refractivity contribution >= 4 is 15.7 Å². The van der Waals surface area contributed by atoms with E-state index in [0.717, 1.165) is 50.0 Å². The maximum atomic E-state index is 12.8. The second kappa shape index (κ2) is 6.15. The van der Waals surface area contributed by atoms with Gasteiger partial charge in [-0.05, 0) is 38.5 Å². The van der Waals surface area contributed by atoms with Gasteiger partial charge in [-0.25, -0.2) is 8.42 Å². The predicted molar refractivity (Wildman–Crippen MR) is 87.9 cm³/mol. The number of ether oxygens (including phenoxy) is 1. The molecule has 1 amide bonds. The van der Waals surface area contributed by atoms with Crippen LogP contribution in [-0.4, -0.2) is 54.9 Å². The van der Waals surface area contributed by atoms with E-state index in [2.05, 4.69) is 10.4 Å². The lowest BCUT2D eigenvalue weighted by molar-refractivity contribution is 0.0846. The van der Waals surface area contributed by atoms with Gasteiger partial charge in [-0.1, -0.05) is 0 Å². The van der Waals surface area contributed by atoms with Gasteiger partial charge in [0, 0.05) is 18.7 Å². The average molecular weight is 353 g/mol. The minimum absolute atomic E-state index is 0.0829. The molecule has 8 heteroatoms. The van der Waals surface area contributed by atoms with Crippen molar-refractivity contribution < 1.29 is 17.9 Å². The van der Waals surface area contributed by atoms with E-state index in [1.165, 1.54) is 0 Å². The summed E-state index contributed by atoms with van der Waals surface area (Å²) in [5.41, 5.74) is 2.54. The monoisotopic (exact) mass is 353 g/mol. The third-order valence-corrected chi connectivity index (χ3v) is 6.97. The summed E-state index contributed by atoms with van der Waals surface area (Å²) in [5.74, 6) is 0.115. The zero-order valence-corrected chi connectivity index (χ0v) is 14.5. The van der Waals surface area contributed by atoms with Crippen LogP contribution in [-0.2, 0) is 27.4 Å². The summed E-state index contributed by atoms with van der Waals surface area (Å²) < 4.78 is 30.9. The van der Waals surface area contributed by atoms with Crippen molar-refractivity contribution in [1.29, 1.82) is 0 Å². The summed E-state index contributed by atoms with van der Waals surface area (Å²) >= 11 is 0. The lowest BCUT2D eigenvalue weighted by atomic mass is 10.1. The topological polar surface area (TPSA) is 90.3 Å². The average Bonchev–Trinajstić information content (AvgIpc) is 3.27. The molecule has 1 N–H and O–H groups in total. The van der Waals surface area contributed by atoms with E-state index in [0.29, 0.717) is 18.7 Å². The van der Waals surface area contributed by atoms with Crippen LogP contribution in [0.2, 0.25) is 0 Å². The van der Waals surface area contributed by atoms with Gasteiger partial charge in [0.05, 0.1) is 29.3 Å². The van der Waals surface area contributed by atoms with Crippen LogP contribution >= 0.6 is 0 Å². The molecule has 0 saturated carbocycles. The minimum atomic E-state index is -3.02. The highest BCUT2D eigenvalue weighted by Gasteiger charge is 2.35. The summed E-state index contributed by atoms with van der Waals surface area (Å²) in [5, 5.41) is 7.57. The Balaban J connectivity index is 1.57. The molecular weight excluding hydrogens is 330 g/mol. The second-order valence-electron chi connectivity index (χ2n) is 6.97. The summed E-state index contributed by atoms with van der Waals surface area (Å²) in [7, 11) is -3.02. The summed E-state index contributed by atoms with van der Waals surface area (Å²) in [6.45, 7) is 1.26. The molecule has 2 saturated heterocycles. The fourth-order valence-corrected chi connectivity index (χ4v) is 5.67. The molecule has 1 aliphatic carbocycles. The van der Waals surface area contributed by atoms with Crippen LogP contribution in [0.3, 0.4) is 0 Å². The SMILES string of the molecule is O=C(NC[C@H]1CCCO1)c1c2c(nn1[C@@H]1CCS(=O)(=O)C1)CCC2. The fourth-order valence-electron chi connectivity index (χ4n) is 3.98. The zero-order chi connectivity index (χ0) is 16.7. The van der Waals surface area contributed by atoms with E-state index in [-0.39, 0.29) is 29.6 Å². The number of hydrogen-bond acceptors (Lipinski definition) is 5. The Kier molecular flexibility index (Phi) is 4.12. The highest BCUT2D eigenvalue weighted by atomic mass is 32.2. The number of aromatic nitrogens is 2. The quantitative estimate of drug-likeness (QED) is 0.858. The summed E-state index contributed by atoms with van der Waals surface area (Å²) in [6.07, 6.45) is 5.35. The molecule has 0 aromatic carbocycles. The standard InChI is InChI=1S/C16H23N3O4S/c20-16(17-9-12-3-2-7-23-12)15-13-4-1-5-14(13)18-19(15)11-6-8-24(21,22)10-11/h11-12H,1-10H2,(H,17,20)/t11-,12-/m1/s1. The number of carbonyl (C=O) groups excluding carboxylic acids is 1. The van der Waals surface area contributed by atoms with Crippen molar-refractivity contribution in [2.75, 3.05) is 24.7 Å². The number of nitrogens with zero attached hydrogens (tertiary/aromatic N) is 2. The largest absolute Gasteiger partial charge is 0.376 e. The van der Waals surface area contributed by atoms with Gasteiger partial charge in [0.1, 0.15) is 5.69 Å². The van der Waals surface area contributed by atoms with Gasteiger partial charge < -0.3 is 10.1 Å². The van der Waals surface area contributed by atoms with E-state index in [4.69, 9.17) is 4.74 Å². The minimum Gasteiger partial charge on any atom is -0.376 e. The molecule has 0 unspecified atom stereocenters.